The topological polar surface area (TPSA) is 42.7 Å². The maximum Gasteiger partial charge on any atom is 0.344 e. The van der Waals surface area contributed by atoms with Gasteiger partial charge >= 0.3 is 5.63 Å². The molecular formula is C19H19NO3. The van der Waals surface area contributed by atoms with Gasteiger partial charge < -0.3 is 9.15 Å². The third-order valence-electron chi connectivity index (χ3n) is 4.81. The second kappa shape index (κ2) is 5.39. The number of ether oxygens (including phenoxy) is 1. The third-order valence-corrected chi connectivity index (χ3v) is 4.81. The summed E-state index contributed by atoms with van der Waals surface area (Å²) in [6.07, 6.45) is 1.05. The molecule has 0 saturated heterocycles. The predicted molar refractivity (Wildman–Crippen MR) is 90.8 cm³/mol. The molecule has 3 aromatic rings. The fourth-order valence-electron chi connectivity index (χ4n) is 3.21. The zero-order valence-electron chi connectivity index (χ0n) is 13.3. The molecule has 0 spiro atoms. The second-order valence-electron chi connectivity index (χ2n) is 6.13. The lowest BCUT2D eigenvalue weighted by molar-refractivity contribution is 0.0610. The Morgan fingerprint density at radius 1 is 1.13 bits per heavy atom. The molecule has 1 aliphatic heterocycles. The lowest BCUT2D eigenvalue weighted by atomic mass is 10.0. The molecule has 118 valence electrons. The first-order chi connectivity index (χ1) is 11.2. The van der Waals surface area contributed by atoms with Crippen molar-refractivity contribution in [1.29, 1.82) is 0 Å². The minimum absolute atomic E-state index is 0.290. The number of hydrogen-bond donors (Lipinski definition) is 0. The monoisotopic (exact) mass is 309 g/mol. The van der Waals surface area contributed by atoms with Crippen LogP contribution < -0.4 is 10.4 Å². The van der Waals surface area contributed by atoms with E-state index in [1.54, 1.807) is 0 Å². The smallest absolute Gasteiger partial charge is 0.344 e. The maximum absolute atomic E-state index is 12.3. The summed E-state index contributed by atoms with van der Waals surface area (Å²) in [5, 5.41) is 2.52. The average Bonchev–Trinajstić information content (AvgIpc) is 2.60. The molecule has 0 bridgehead atoms. The van der Waals surface area contributed by atoms with E-state index in [4.69, 9.17) is 9.15 Å². The molecule has 1 aliphatic rings. The molecule has 1 aromatic heterocycles. The fourth-order valence-corrected chi connectivity index (χ4v) is 3.21. The van der Waals surface area contributed by atoms with Gasteiger partial charge in [0.05, 0.1) is 10.9 Å². The van der Waals surface area contributed by atoms with Crippen LogP contribution in [0.1, 0.15) is 25.8 Å². The molecule has 1 atom stereocenters. The van der Waals surface area contributed by atoms with E-state index in [0.29, 0.717) is 23.7 Å². The first-order valence-corrected chi connectivity index (χ1v) is 8.03. The summed E-state index contributed by atoms with van der Waals surface area (Å²) in [5.74, 6) is 0.815. The first kappa shape index (κ1) is 14.3. The van der Waals surface area contributed by atoms with E-state index in [9.17, 15) is 4.79 Å². The summed E-state index contributed by atoms with van der Waals surface area (Å²) in [5.41, 5.74) is 1.33. The predicted octanol–water partition coefficient (Wildman–Crippen LogP) is 3.90. The standard InChI is InChI=1S/C19H19NO3/c1-3-12(2)20-10-16-17(22-11-20)9-8-14-13-6-4-5-7-15(13)19(21)23-18(14)16/h4-9,12H,3,10-11H2,1-2H3/t12-/m1/s1. The highest BCUT2D eigenvalue weighted by Crippen LogP contribution is 2.35. The number of fused-ring (bicyclic) bond motifs is 5. The normalized spacial score (nSPS) is 16.3. The number of benzene rings is 2. The molecule has 2 heterocycles. The summed E-state index contributed by atoms with van der Waals surface area (Å²) in [4.78, 5) is 14.6. The molecule has 0 radical (unpaired) electrons. The Kier molecular flexibility index (Phi) is 3.34. The Labute approximate surface area is 134 Å². The number of hydrogen-bond acceptors (Lipinski definition) is 4. The lowest BCUT2D eigenvalue weighted by Gasteiger charge is -2.33. The van der Waals surface area contributed by atoms with Gasteiger partial charge in [-0.2, -0.15) is 0 Å². The Morgan fingerprint density at radius 3 is 2.70 bits per heavy atom. The van der Waals surface area contributed by atoms with Crippen LogP contribution in [0, 0.1) is 0 Å². The maximum atomic E-state index is 12.3. The Morgan fingerprint density at radius 2 is 1.91 bits per heavy atom. The Hall–Kier alpha value is -2.33. The van der Waals surface area contributed by atoms with Gasteiger partial charge in [-0.3, -0.25) is 4.90 Å². The van der Waals surface area contributed by atoms with E-state index in [2.05, 4.69) is 18.7 Å². The SMILES string of the molecule is CC[C@@H](C)N1COc2ccc3c(oc(=O)c4ccccc43)c2C1. The van der Waals surface area contributed by atoms with Gasteiger partial charge in [-0.1, -0.05) is 25.1 Å². The van der Waals surface area contributed by atoms with Gasteiger partial charge in [-0.15, -0.1) is 0 Å². The molecule has 0 aliphatic carbocycles. The van der Waals surface area contributed by atoms with Gasteiger partial charge in [0.15, 0.2) is 0 Å². The minimum Gasteiger partial charge on any atom is -0.478 e. The van der Waals surface area contributed by atoms with Crippen molar-refractivity contribution >= 4 is 21.7 Å². The van der Waals surface area contributed by atoms with Crippen LogP contribution in [0.4, 0.5) is 0 Å². The second-order valence-corrected chi connectivity index (χ2v) is 6.13. The summed E-state index contributed by atoms with van der Waals surface area (Å²) in [6, 6.07) is 12.0. The molecule has 0 amide bonds. The molecule has 0 saturated carbocycles. The quantitative estimate of drug-likeness (QED) is 0.532. The van der Waals surface area contributed by atoms with Crippen LogP contribution in [0.3, 0.4) is 0 Å². The van der Waals surface area contributed by atoms with Crippen molar-refractivity contribution in [2.75, 3.05) is 6.73 Å². The van der Waals surface area contributed by atoms with Crippen LogP contribution in [0.5, 0.6) is 5.75 Å². The fraction of sp³-hybridized carbons (Fsp3) is 0.316. The number of rotatable bonds is 2. The Balaban J connectivity index is 1.97. The van der Waals surface area contributed by atoms with Crippen molar-refractivity contribution in [3.05, 3.63) is 52.4 Å². The summed E-state index contributed by atoms with van der Waals surface area (Å²) < 4.78 is 11.6. The van der Waals surface area contributed by atoms with Crippen molar-refractivity contribution < 1.29 is 9.15 Å². The van der Waals surface area contributed by atoms with Crippen LogP contribution in [-0.4, -0.2) is 17.7 Å². The third kappa shape index (κ3) is 2.21. The molecule has 0 unspecified atom stereocenters. The van der Waals surface area contributed by atoms with E-state index in [0.717, 1.165) is 35.1 Å². The van der Waals surface area contributed by atoms with Crippen LogP contribution in [-0.2, 0) is 6.54 Å². The van der Waals surface area contributed by atoms with Gasteiger partial charge in [0, 0.05) is 18.0 Å². The van der Waals surface area contributed by atoms with Gasteiger partial charge in [-0.25, -0.2) is 4.79 Å². The van der Waals surface area contributed by atoms with Crippen molar-refractivity contribution in [3.8, 4) is 5.75 Å². The summed E-state index contributed by atoms with van der Waals surface area (Å²) in [7, 11) is 0. The first-order valence-electron chi connectivity index (χ1n) is 8.03. The van der Waals surface area contributed by atoms with Crippen molar-refractivity contribution in [2.45, 2.75) is 32.9 Å². The van der Waals surface area contributed by atoms with Crippen molar-refractivity contribution in [3.63, 3.8) is 0 Å². The molecule has 4 heteroatoms. The number of nitrogens with zero attached hydrogens (tertiary/aromatic N) is 1. The lowest BCUT2D eigenvalue weighted by Crippen LogP contribution is -2.38. The van der Waals surface area contributed by atoms with Gasteiger partial charge in [0.25, 0.3) is 0 Å². The molecular weight excluding hydrogens is 290 g/mol. The van der Waals surface area contributed by atoms with Gasteiger partial charge in [-0.05, 0) is 36.9 Å². The molecule has 23 heavy (non-hydrogen) atoms. The van der Waals surface area contributed by atoms with Gasteiger partial charge in [0.2, 0.25) is 0 Å². The zero-order valence-corrected chi connectivity index (χ0v) is 13.3. The summed E-state index contributed by atoms with van der Waals surface area (Å²) in [6.45, 7) is 5.66. The van der Waals surface area contributed by atoms with Crippen LogP contribution in [0.2, 0.25) is 0 Å². The largest absolute Gasteiger partial charge is 0.478 e. The molecule has 0 fully saturated rings. The molecule has 2 aromatic carbocycles. The van der Waals surface area contributed by atoms with Crippen LogP contribution in [0.25, 0.3) is 21.7 Å². The zero-order chi connectivity index (χ0) is 16.0. The van der Waals surface area contributed by atoms with E-state index in [-0.39, 0.29) is 5.63 Å². The van der Waals surface area contributed by atoms with E-state index >= 15 is 0 Å². The van der Waals surface area contributed by atoms with Crippen LogP contribution >= 0.6 is 0 Å². The highest BCUT2D eigenvalue weighted by atomic mass is 16.5. The Bertz CT molecular complexity index is 944. The highest BCUT2D eigenvalue weighted by molar-refractivity contribution is 6.05. The van der Waals surface area contributed by atoms with E-state index < -0.39 is 0 Å². The van der Waals surface area contributed by atoms with Crippen molar-refractivity contribution in [1.82, 2.24) is 4.90 Å². The molecule has 4 nitrogen and oxygen atoms in total. The highest BCUT2D eigenvalue weighted by Gasteiger charge is 2.24. The molecule has 4 rings (SSSR count). The van der Waals surface area contributed by atoms with E-state index in [1.165, 1.54) is 0 Å². The van der Waals surface area contributed by atoms with E-state index in [1.807, 2.05) is 36.4 Å². The van der Waals surface area contributed by atoms with Crippen LogP contribution in [0.15, 0.2) is 45.6 Å². The summed E-state index contributed by atoms with van der Waals surface area (Å²) >= 11 is 0. The average molecular weight is 309 g/mol. The van der Waals surface area contributed by atoms with Gasteiger partial charge in [0.1, 0.15) is 18.1 Å². The molecule has 0 N–H and O–H groups in total. The van der Waals surface area contributed by atoms with Crippen molar-refractivity contribution in [2.24, 2.45) is 0 Å². The minimum atomic E-state index is -0.290.